The van der Waals surface area contributed by atoms with Crippen molar-refractivity contribution in [2.24, 2.45) is 0 Å². The van der Waals surface area contributed by atoms with Crippen LogP contribution >= 0.6 is 0 Å². The normalized spacial score (nSPS) is 17.3. The van der Waals surface area contributed by atoms with Crippen LogP contribution in [0.4, 0.5) is 11.5 Å². The van der Waals surface area contributed by atoms with E-state index in [0.717, 1.165) is 46.7 Å². The van der Waals surface area contributed by atoms with E-state index < -0.39 is 0 Å². The second kappa shape index (κ2) is 8.00. The van der Waals surface area contributed by atoms with Crippen molar-refractivity contribution in [1.82, 2.24) is 9.78 Å². The van der Waals surface area contributed by atoms with E-state index in [1.165, 1.54) is 0 Å². The summed E-state index contributed by atoms with van der Waals surface area (Å²) in [6.07, 6.45) is 3.63. The summed E-state index contributed by atoms with van der Waals surface area (Å²) in [5.41, 5.74) is 4.75. The third-order valence-corrected chi connectivity index (χ3v) is 5.99. The molecule has 1 amide bonds. The molecular formula is C25H24N4O3. The smallest absolute Gasteiger partial charge is 0.261 e. The van der Waals surface area contributed by atoms with Gasteiger partial charge in [0, 0.05) is 23.4 Å². The van der Waals surface area contributed by atoms with Gasteiger partial charge in [-0.05, 0) is 55.2 Å². The lowest BCUT2D eigenvalue weighted by atomic mass is 9.85. The fourth-order valence-electron chi connectivity index (χ4n) is 4.44. The monoisotopic (exact) mass is 428 g/mol. The lowest BCUT2D eigenvalue weighted by Crippen LogP contribution is -2.32. The third kappa shape index (κ3) is 3.45. The molecule has 1 aliphatic carbocycles. The lowest BCUT2D eigenvalue weighted by molar-refractivity contribution is -0.116. The summed E-state index contributed by atoms with van der Waals surface area (Å²) < 4.78 is 7.03. The largest absolute Gasteiger partial charge is 0.497 e. The summed E-state index contributed by atoms with van der Waals surface area (Å²) in [7, 11) is 1.62. The van der Waals surface area contributed by atoms with Crippen LogP contribution in [0.1, 0.15) is 46.8 Å². The molecule has 32 heavy (non-hydrogen) atoms. The molecule has 0 unspecified atom stereocenters. The number of methoxy groups -OCH3 is 1. The van der Waals surface area contributed by atoms with E-state index in [0.29, 0.717) is 17.8 Å². The fourth-order valence-corrected chi connectivity index (χ4v) is 4.44. The van der Waals surface area contributed by atoms with Crippen molar-refractivity contribution >= 4 is 23.2 Å². The molecule has 0 bridgehead atoms. The first-order valence-electron chi connectivity index (χ1n) is 10.7. The predicted molar refractivity (Wildman–Crippen MR) is 122 cm³/mol. The van der Waals surface area contributed by atoms with Gasteiger partial charge in [-0.3, -0.25) is 9.59 Å². The Hall–Kier alpha value is -3.87. The van der Waals surface area contributed by atoms with Gasteiger partial charge in [-0.15, -0.1) is 0 Å². The summed E-state index contributed by atoms with van der Waals surface area (Å²) in [5, 5.41) is 10.8. The van der Waals surface area contributed by atoms with Crippen molar-refractivity contribution in [3.63, 3.8) is 0 Å². The number of fused-ring (bicyclic) bond motifs is 1. The van der Waals surface area contributed by atoms with Crippen LogP contribution in [0, 0.1) is 6.92 Å². The van der Waals surface area contributed by atoms with Crippen molar-refractivity contribution in [1.29, 1.82) is 0 Å². The standard InChI is InChI=1S/C25H24N4O3/c1-15-5-3-6-17(13-15)27-25(31)19-14-26-29-23(16-9-11-18(32-2)12-10-16)22-20(28-24(19)29)7-4-8-21(22)30/h3,5-6,9-14,23,28H,4,7-8H2,1-2H3,(H,27,31)/t23-/m1/s1. The highest BCUT2D eigenvalue weighted by molar-refractivity contribution is 6.08. The number of allylic oxidation sites excluding steroid dienone is 2. The SMILES string of the molecule is COc1ccc([C@@H]2C3=C(CCCC3=O)Nc3c(C(=O)Nc4cccc(C)c4)cnn32)cc1. The topological polar surface area (TPSA) is 85.2 Å². The number of hydrogen-bond acceptors (Lipinski definition) is 5. The highest BCUT2D eigenvalue weighted by atomic mass is 16.5. The van der Waals surface area contributed by atoms with Gasteiger partial charge in [-0.2, -0.15) is 5.10 Å². The molecule has 1 aromatic heterocycles. The Bertz CT molecular complexity index is 1240. The highest BCUT2D eigenvalue weighted by Crippen LogP contribution is 2.41. The Kier molecular flexibility index (Phi) is 5.01. The third-order valence-electron chi connectivity index (χ3n) is 5.99. The molecule has 2 aliphatic rings. The summed E-state index contributed by atoms with van der Waals surface area (Å²) in [5.74, 6) is 1.21. The number of hydrogen-bond donors (Lipinski definition) is 2. The highest BCUT2D eigenvalue weighted by Gasteiger charge is 2.37. The van der Waals surface area contributed by atoms with Gasteiger partial charge in [-0.1, -0.05) is 24.3 Å². The van der Waals surface area contributed by atoms with Gasteiger partial charge < -0.3 is 15.4 Å². The maximum Gasteiger partial charge on any atom is 0.261 e. The number of ketones is 1. The van der Waals surface area contributed by atoms with Crippen molar-refractivity contribution in [2.75, 3.05) is 17.7 Å². The number of anilines is 2. The number of aromatic nitrogens is 2. The summed E-state index contributed by atoms with van der Waals surface area (Å²) in [6.45, 7) is 1.98. The van der Waals surface area contributed by atoms with E-state index in [2.05, 4.69) is 15.7 Å². The minimum absolute atomic E-state index is 0.117. The van der Waals surface area contributed by atoms with Crippen molar-refractivity contribution in [3.8, 4) is 5.75 Å². The number of benzene rings is 2. The maximum atomic E-state index is 13.1. The zero-order chi connectivity index (χ0) is 22.2. The van der Waals surface area contributed by atoms with Gasteiger partial charge in [0.25, 0.3) is 5.91 Å². The number of carbonyl (C=O) groups is 2. The van der Waals surface area contributed by atoms with Crippen LogP contribution in [0.5, 0.6) is 5.75 Å². The van der Waals surface area contributed by atoms with Gasteiger partial charge in [0.1, 0.15) is 23.2 Å². The Labute approximate surface area is 186 Å². The van der Waals surface area contributed by atoms with E-state index in [4.69, 9.17) is 4.74 Å². The zero-order valence-corrected chi connectivity index (χ0v) is 18.0. The number of nitrogens with one attached hydrogen (secondary N) is 2. The molecule has 0 radical (unpaired) electrons. The van der Waals surface area contributed by atoms with Crippen LogP contribution in [0.25, 0.3) is 0 Å². The number of rotatable bonds is 4. The van der Waals surface area contributed by atoms with E-state index in [1.54, 1.807) is 18.0 Å². The number of ether oxygens (including phenoxy) is 1. The summed E-state index contributed by atoms with van der Waals surface area (Å²) in [4.78, 5) is 26.0. The van der Waals surface area contributed by atoms with Gasteiger partial charge in [0.15, 0.2) is 5.78 Å². The molecule has 0 saturated heterocycles. The van der Waals surface area contributed by atoms with Crippen molar-refractivity contribution < 1.29 is 14.3 Å². The predicted octanol–water partition coefficient (Wildman–Crippen LogP) is 4.47. The molecule has 7 heteroatoms. The lowest BCUT2D eigenvalue weighted by Gasteiger charge is -2.33. The van der Waals surface area contributed by atoms with Crippen LogP contribution in [-0.4, -0.2) is 28.6 Å². The summed E-state index contributed by atoms with van der Waals surface area (Å²) in [6, 6.07) is 14.9. The molecular weight excluding hydrogens is 404 g/mol. The Morgan fingerprint density at radius 2 is 2.00 bits per heavy atom. The minimum Gasteiger partial charge on any atom is -0.497 e. The van der Waals surface area contributed by atoms with E-state index in [9.17, 15) is 9.59 Å². The molecule has 0 fully saturated rings. The molecule has 0 spiro atoms. The fraction of sp³-hybridized carbons (Fsp3) is 0.240. The Morgan fingerprint density at radius 1 is 1.19 bits per heavy atom. The molecule has 2 heterocycles. The van der Waals surface area contributed by atoms with Crippen LogP contribution in [0.2, 0.25) is 0 Å². The quantitative estimate of drug-likeness (QED) is 0.640. The molecule has 162 valence electrons. The second-order valence-electron chi connectivity index (χ2n) is 8.14. The number of aryl methyl sites for hydroxylation is 1. The van der Waals surface area contributed by atoms with Crippen LogP contribution in [0.3, 0.4) is 0 Å². The van der Waals surface area contributed by atoms with Crippen LogP contribution in [-0.2, 0) is 4.79 Å². The van der Waals surface area contributed by atoms with E-state index in [1.807, 2.05) is 55.5 Å². The number of amides is 1. The molecule has 1 aliphatic heterocycles. The van der Waals surface area contributed by atoms with Gasteiger partial charge in [-0.25, -0.2) is 4.68 Å². The molecule has 1 atom stereocenters. The van der Waals surface area contributed by atoms with Crippen molar-refractivity contribution in [2.45, 2.75) is 32.2 Å². The van der Waals surface area contributed by atoms with Gasteiger partial charge in [0.05, 0.1) is 13.3 Å². The van der Waals surface area contributed by atoms with Gasteiger partial charge >= 0.3 is 0 Å². The van der Waals surface area contributed by atoms with Crippen LogP contribution < -0.4 is 15.4 Å². The van der Waals surface area contributed by atoms with Gasteiger partial charge in [0.2, 0.25) is 0 Å². The average Bonchev–Trinajstić information content (AvgIpc) is 3.22. The Balaban J connectivity index is 1.56. The first-order chi connectivity index (χ1) is 15.5. The minimum atomic E-state index is -0.388. The molecule has 5 rings (SSSR count). The first kappa shape index (κ1) is 20.1. The van der Waals surface area contributed by atoms with Crippen molar-refractivity contribution in [3.05, 3.63) is 82.7 Å². The number of Topliss-reactive ketones (excluding diaryl/α,β-unsaturated/α-hetero) is 1. The molecule has 3 aromatic rings. The zero-order valence-electron chi connectivity index (χ0n) is 18.0. The summed E-state index contributed by atoms with van der Waals surface area (Å²) >= 11 is 0. The average molecular weight is 428 g/mol. The molecule has 0 saturated carbocycles. The molecule has 2 N–H and O–H groups in total. The number of carbonyl (C=O) groups excluding carboxylic acids is 2. The van der Waals surface area contributed by atoms with E-state index >= 15 is 0 Å². The molecule has 2 aromatic carbocycles. The van der Waals surface area contributed by atoms with Crippen LogP contribution in [0.15, 0.2) is 66.0 Å². The number of nitrogens with zero attached hydrogens (tertiary/aromatic N) is 2. The second-order valence-corrected chi connectivity index (χ2v) is 8.14. The first-order valence-corrected chi connectivity index (χ1v) is 10.7. The Morgan fingerprint density at radius 3 is 2.75 bits per heavy atom. The van der Waals surface area contributed by atoms with E-state index in [-0.39, 0.29) is 17.7 Å². The maximum absolute atomic E-state index is 13.1. The molecule has 7 nitrogen and oxygen atoms in total.